The second-order valence-electron chi connectivity index (χ2n) is 5.42. The molecule has 0 aromatic heterocycles. The lowest BCUT2D eigenvalue weighted by Crippen LogP contribution is -2.03. The van der Waals surface area contributed by atoms with Crippen molar-refractivity contribution in [2.75, 3.05) is 0 Å². The average molecular weight is 247 g/mol. The minimum Gasteiger partial charge on any atom is -0.289 e. The van der Waals surface area contributed by atoms with Crippen LogP contribution in [0, 0.1) is 0 Å². The van der Waals surface area contributed by atoms with E-state index in [4.69, 9.17) is 0 Å². The summed E-state index contributed by atoms with van der Waals surface area (Å²) in [4.78, 5) is 0. The van der Waals surface area contributed by atoms with Crippen LogP contribution in [-0.2, 0) is 17.9 Å². The van der Waals surface area contributed by atoms with E-state index in [2.05, 4.69) is 24.3 Å². The molecule has 1 nitrogen and oxygen atoms in total. The Morgan fingerprint density at radius 2 is 1.42 bits per heavy atom. The Morgan fingerprint density at radius 1 is 0.684 bits per heavy atom. The highest BCUT2D eigenvalue weighted by Gasteiger charge is 2.14. The maximum Gasteiger partial charge on any atom is 0.186 e. The van der Waals surface area contributed by atoms with Crippen LogP contribution in [-0.4, -0.2) is 0 Å². The second kappa shape index (κ2) is 3.99. The molecule has 0 saturated carbocycles. The Labute approximate surface area is 112 Å². The topological polar surface area (TPSA) is 19.9 Å². The zero-order valence-electron chi connectivity index (χ0n) is 10.8. The third-order valence-electron chi connectivity index (χ3n) is 4.35. The molecule has 0 heterocycles. The molecule has 3 aromatic carbocycles. The van der Waals surface area contributed by atoms with Crippen LogP contribution in [0.25, 0.3) is 21.5 Å². The predicted octanol–water partition coefficient (Wildman–Crippen LogP) is 5.02. The van der Waals surface area contributed by atoms with Crippen molar-refractivity contribution >= 4 is 21.5 Å². The first-order chi connectivity index (χ1) is 9.34. The van der Waals surface area contributed by atoms with Crippen molar-refractivity contribution in [3.63, 3.8) is 0 Å². The summed E-state index contributed by atoms with van der Waals surface area (Å²) < 4.78 is 0. The van der Waals surface area contributed by atoms with Crippen molar-refractivity contribution in [2.24, 2.45) is 0 Å². The lowest BCUT2D eigenvalue weighted by atomic mass is 9.86. The molecule has 0 aliphatic heterocycles. The van der Waals surface area contributed by atoms with E-state index in [0.717, 1.165) is 10.8 Å². The number of benzene rings is 3. The molecule has 19 heavy (non-hydrogen) atoms. The van der Waals surface area contributed by atoms with Crippen molar-refractivity contribution in [3.05, 3.63) is 53.6 Å². The van der Waals surface area contributed by atoms with Crippen LogP contribution in [0.4, 0.5) is 0 Å². The number of hydrogen-bond acceptors (Lipinski definition) is 0. The smallest absolute Gasteiger partial charge is 0.186 e. The first kappa shape index (κ1) is 10.9. The summed E-state index contributed by atoms with van der Waals surface area (Å²) in [5.74, 6) is 0.122. The van der Waals surface area contributed by atoms with Gasteiger partial charge in [-0.15, -0.1) is 0 Å². The molecule has 3 aromatic rings. The van der Waals surface area contributed by atoms with Crippen molar-refractivity contribution in [1.29, 1.82) is 0 Å². The van der Waals surface area contributed by atoms with E-state index in [1.807, 2.05) is 12.1 Å². The summed E-state index contributed by atoms with van der Waals surface area (Å²) in [6, 6.07) is 14.2. The van der Waals surface area contributed by atoms with Crippen LogP contribution < -0.4 is 0 Å². The lowest BCUT2D eigenvalue weighted by Gasteiger charge is -2.18. The van der Waals surface area contributed by atoms with Crippen LogP contribution in [0.15, 0.2) is 42.5 Å². The molecular weight excluding hydrogens is 232 g/mol. The molecule has 4 rings (SSSR count). The molecule has 0 saturated heterocycles. The zero-order chi connectivity index (χ0) is 12.8. The molecule has 0 bridgehead atoms. The Hall–Kier alpha value is -2.02. The number of fused-ring (bicyclic) bond motifs is 5. The van der Waals surface area contributed by atoms with E-state index in [-0.39, 0.29) is 5.75 Å². The summed E-state index contributed by atoms with van der Waals surface area (Å²) in [5.41, 5.74) is 3.00. The van der Waals surface area contributed by atoms with Gasteiger partial charge in [0.05, 0.1) is 0 Å². The number of aryl methyl sites for hydroxylation is 2. The minimum absolute atomic E-state index is 0.122. The molecule has 93 valence electrons. The summed E-state index contributed by atoms with van der Waals surface area (Å²) >= 11 is 0. The number of hydrogen-bond donors (Lipinski definition) is 0. The summed E-state index contributed by atoms with van der Waals surface area (Å²) in [6.45, 7) is 0. The van der Waals surface area contributed by atoms with E-state index in [0.29, 0.717) is 0 Å². The van der Waals surface area contributed by atoms with Gasteiger partial charge in [0.15, 0.2) is 5.75 Å². The van der Waals surface area contributed by atoms with Crippen molar-refractivity contribution in [2.45, 2.75) is 25.7 Å². The molecule has 0 spiro atoms. The second-order valence-corrected chi connectivity index (χ2v) is 5.42. The van der Waals surface area contributed by atoms with E-state index >= 15 is 0 Å². The third-order valence-corrected chi connectivity index (χ3v) is 4.35. The van der Waals surface area contributed by atoms with E-state index in [1.54, 1.807) is 6.07 Å². The minimum atomic E-state index is 0.122. The Kier molecular flexibility index (Phi) is 2.28. The highest BCUT2D eigenvalue weighted by molar-refractivity contribution is 6.10. The van der Waals surface area contributed by atoms with Crippen LogP contribution >= 0.6 is 0 Å². The molecule has 1 heteroatoms. The maximum atomic E-state index is 11.9. The standard InChI is InChI=1S/C18H15O/c19-18-7-3-6-14-16-9-8-12-4-1-2-5-13(12)15(16)10-11-17(14)18/h3,6-11H,1-2,4-5H2. The molecule has 0 atom stereocenters. The average Bonchev–Trinajstić information content (AvgIpc) is 2.47. The van der Waals surface area contributed by atoms with Gasteiger partial charge in [-0.3, -0.25) is 5.11 Å². The van der Waals surface area contributed by atoms with Gasteiger partial charge in [0.25, 0.3) is 0 Å². The van der Waals surface area contributed by atoms with Gasteiger partial charge in [-0.25, -0.2) is 0 Å². The van der Waals surface area contributed by atoms with Crippen LogP contribution in [0.1, 0.15) is 24.0 Å². The first-order valence-corrected chi connectivity index (χ1v) is 6.98. The zero-order valence-corrected chi connectivity index (χ0v) is 10.8. The Morgan fingerprint density at radius 3 is 2.37 bits per heavy atom. The first-order valence-electron chi connectivity index (χ1n) is 6.98. The van der Waals surface area contributed by atoms with Crippen molar-refractivity contribution in [1.82, 2.24) is 0 Å². The van der Waals surface area contributed by atoms with Crippen molar-refractivity contribution in [3.8, 4) is 5.75 Å². The Balaban J connectivity index is 2.15. The van der Waals surface area contributed by atoms with E-state index in [1.165, 1.54) is 47.6 Å². The molecule has 1 aliphatic carbocycles. The molecule has 1 aliphatic rings. The summed E-state index contributed by atoms with van der Waals surface area (Å²) in [5, 5.41) is 16.4. The number of rotatable bonds is 0. The quantitative estimate of drug-likeness (QED) is 0.497. The molecule has 0 amide bonds. The van der Waals surface area contributed by atoms with Gasteiger partial charge in [-0.1, -0.05) is 30.3 Å². The molecule has 1 radical (unpaired) electrons. The fourth-order valence-corrected chi connectivity index (χ4v) is 3.40. The SMILES string of the molecule is [O]c1cccc2c1ccc1c3c(ccc12)CCCC3. The fraction of sp³-hybridized carbons (Fsp3) is 0.222. The lowest BCUT2D eigenvalue weighted by molar-refractivity contribution is 0.360. The van der Waals surface area contributed by atoms with Gasteiger partial charge >= 0.3 is 0 Å². The largest absolute Gasteiger partial charge is 0.289 e. The maximum absolute atomic E-state index is 11.9. The Bertz CT molecular complexity index is 786. The van der Waals surface area contributed by atoms with Crippen LogP contribution in [0.2, 0.25) is 0 Å². The van der Waals surface area contributed by atoms with E-state index in [9.17, 15) is 5.11 Å². The monoisotopic (exact) mass is 247 g/mol. The third kappa shape index (κ3) is 1.54. The van der Waals surface area contributed by atoms with Gasteiger partial charge in [0.2, 0.25) is 0 Å². The predicted molar refractivity (Wildman–Crippen MR) is 78.2 cm³/mol. The molecule has 0 unspecified atom stereocenters. The highest BCUT2D eigenvalue weighted by Crippen LogP contribution is 2.35. The van der Waals surface area contributed by atoms with Gasteiger partial charge in [-0.05, 0) is 65.1 Å². The van der Waals surface area contributed by atoms with Gasteiger partial charge in [0.1, 0.15) is 0 Å². The van der Waals surface area contributed by atoms with Gasteiger partial charge in [0, 0.05) is 5.39 Å². The molecule has 0 N–H and O–H groups in total. The highest BCUT2D eigenvalue weighted by atomic mass is 16.3. The van der Waals surface area contributed by atoms with Crippen LogP contribution in [0.5, 0.6) is 5.75 Å². The fourth-order valence-electron chi connectivity index (χ4n) is 3.40. The van der Waals surface area contributed by atoms with Crippen LogP contribution in [0.3, 0.4) is 0 Å². The van der Waals surface area contributed by atoms with E-state index < -0.39 is 0 Å². The van der Waals surface area contributed by atoms with Gasteiger partial charge in [-0.2, -0.15) is 0 Å². The van der Waals surface area contributed by atoms with Crippen molar-refractivity contribution < 1.29 is 5.11 Å². The normalized spacial score (nSPS) is 14.7. The van der Waals surface area contributed by atoms with Gasteiger partial charge < -0.3 is 0 Å². The summed E-state index contributed by atoms with van der Waals surface area (Å²) in [7, 11) is 0. The molecular formula is C18H15O. The molecule has 0 fully saturated rings. The summed E-state index contributed by atoms with van der Waals surface area (Å²) in [6.07, 6.45) is 4.96.